The summed E-state index contributed by atoms with van der Waals surface area (Å²) in [7, 11) is -4.29. The highest BCUT2D eigenvalue weighted by atomic mass is 32.2. The van der Waals surface area contributed by atoms with E-state index in [0.717, 1.165) is 19.3 Å². The number of carbonyl (C=O) groups excluding carboxylic acids is 1. The molecule has 122 valence electrons. The molecule has 0 saturated heterocycles. The minimum absolute atomic E-state index is 0.259. The second-order valence-electron chi connectivity index (χ2n) is 5.26. The average Bonchev–Trinajstić information content (AvgIpc) is 2.53. The molecule has 2 aromatic carbocycles. The highest BCUT2D eigenvalue weighted by molar-refractivity contribution is 7.85. The molecule has 6 heteroatoms. The van der Waals surface area contributed by atoms with Crippen molar-refractivity contribution in [3.8, 4) is 0 Å². The third-order valence-corrected chi connectivity index (χ3v) is 4.27. The Bertz CT molecular complexity index is 782. The van der Waals surface area contributed by atoms with E-state index in [1.165, 1.54) is 23.8 Å². The van der Waals surface area contributed by atoms with Crippen molar-refractivity contribution in [2.45, 2.75) is 31.1 Å². The van der Waals surface area contributed by atoms with Crippen LogP contribution in [0.4, 0.5) is 5.69 Å². The molecule has 0 unspecified atom stereocenters. The Morgan fingerprint density at radius 1 is 1.13 bits per heavy atom. The largest absolute Gasteiger partial charge is 0.322 e. The van der Waals surface area contributed by atoms with E-state index in [1.54, 1.807) is 18.2 Å². The van der Waals surface area contributed by atoms with E-state index in [2.05, 4.69) is 12.2 Å². The maximum absolute atomic E-state index is 12.2. The summed E-state index contributed by atoms with van der Waals surface area (Å²) >= 11 is 0. The minimum atomic E-state index is -4.29. The molecule has 0 saturated carbocycles. The number of amides is 1. The molecule has 0 spiro atoms. The van der Waals surface area contributed by atoms with Gasteiger partial charge >= 0.3 is 0 Å². The number of hydrogen-bond donors (Lipinski definition) is 2. The zero-order valence-corrected chi connectivity index (χ0v) is 13.6. The monoisotopic (exact) mass is 333 g/mol. The van der Waals surface area contributed by atoms with Crippen LogP contribution in [0, 0.1) is 0 Å². The van der Waals surface area contributed by atoms with Crippen molar-refractivity contribution in [2.24, 2.45) is 0 Å². The van der Waals surface area contributed by atoms with Crippen LogP contribution < -0.4 is 5.32 Å². The summed E-state index contributed by atoms with van der Waals surface area (Å²) in [5.41, 5.74) is 1.97. The number of hydrogen-bond acceptors (Lipinski definition) is 3. The van der Waals surface area contributed by atoms with Gasteiger partial charge in [0, 0.05) is 11.3 Å². The number of nitrogens with one attached hydrogen (secondary N) is 1. The SMILES string of the molecule is CCCCc1ccc(C(=O)Nc2cccc(S(=O)(=O)O)c2)cc1. The normalized spacial score (nSPS) is 11.2. The Kier molecular flexibility index (Phi) is 5.52. The van der Waals surface area contributed by atoms with Crippen molar-refractivity contribution in [3.05, 3.63) is 59.7 Å². The van der Waals surface area contributed by atoms with Gasteiger partial charge in [-0.25, -0.2) is 0 Å². The van der Waals surface area contributed by atoms with E-state index in [0.29, 0.717) is 11.3 Å². The molecule has 0 aromatic heterocycles. The van der Waals surface area contributed by atoms with Gasteiger partial charge < -0.3 is 5.32 Å². The maximum atomic E-state index is 12.2. The van der Waals surface area contributed by atoms with Crippen LogP contribution in [0.15, 0.2) is 53.4 Å². The molecule has 1 amide bonds. The number of rotatable bonds is 6. The lowest BCUT2D eigenvalue weighted by atomic mass is 10.1. The molecule has 0 atom stereocenters. The molecule has 0 fully saturated rings. The van der Waals surface area contributed by atoms with Gasteiger partial charge in [0.2, 0.25) is 0 Å². The Labute approximate surface area is 136 Å². The van der Waals surface area contributed by atoms with Crippen molar-refractivity contribution in [2.75, 3.05) is 5.32 Å². The van der Waals surface area contributed by atoms with E-state index in [1.807, 2.05) is 12.1 Å². The first kappa shape index (κ1) is 17.2. The first-order valence-corrected chi connectivity index (χ1v) is 8.82. The van der Waals surface area contributed by atoms with Crippen molar-refractivity contribution >= 4 is 21.7 Å². The van der Waals surface area contributed by atoms with Crippen LogP contribution in [0.1, 0.15) is 35.7 Å². The van der Waals surface area contributed by atoms with E-state index >= 15 is 0 Å². The second kappa shape index (κ2) is 7.39. The van der Waals surface area contributed by atoms with Crippen molar-refractivity contribution in [1.82, 2.24) is 0 Å². The molecule has 2 rings (SSSR count). The van der Waals surface area contributed by atoms with E-state index in [4.69, 9.17) is 4.55 Å². The van der Waals surface area contributed by atoms with Crippen LogP contribution in [0.5, 0.6) is 0 Å². The van der Waals surface area contributed by atoms with Crippen LogP contribution in [0.2, 0.25) is 0 Å². The van der Waals surface area contributed by atoms with Gasteiger partial charge in [0.1, 0.15) is 0 Å². The van der Waals surface area contributed by atoms with Gasteiger partial charge in [-0.3, -0.25) is 9.35 Å². The van der Waals surface area contributed by atoms with E-state index < -0.39 is 10.1 Å². The predicted octanol–water partition coefficient (Wildman–Crippen LogP) is 3.53. The lowest BCUT2D eigenvalue weighted by Gasteiger charge is -2.07. The molecule has 0 radical (unpaired) electrons. The highest BCUT2D eigenvalue weighted by Gasteiger charge is 2.11. The van der Waals surface area contributed by atoms with Crippen molar-refractivity contribution in [1.29, 1.82) is 0 Å². The smallest absolute Gasteiger partial charge is 0.294 e. The second-order valence-corrected chi connectivity index (χ2v) is 6.68. The number of carbonyl (C=O) groups is 1. The Morgan fingerprint density at radius 2 is 1.83 bits per heavy atom. The number of aryl methyl sites for hydroxylation is 1. The van der Waals surface area contributed by atoms with Gasteiger partial charge in [-0.2, -0.15) is 8.42 Å². The van der Waals surface area contributed by atoms with Crippen LogP contribution in [-0.2, 0) is 16.5 Å². The number of anilines is 1. The summed E-state index contributed by atoms with van der Waals surface area (Å²) in [5, 5.41) is 2.62. The van der Waals surface area contributed by atoms with Crippen molar-refractivity contribution in [3.63, 3.8) is 0 Å². The fourth-order valence-electron chi connectivity index (χ4n) is 2.14. The third kappa shape index (κ3) is 4.91. The van der Waals surface area contributed by atoms with Gasteiger partial charge in [0.05, 0.1) is 4.90 Å². The predicted molar refractivity (Wildman–Crippen MR) is 89.3 cm³/mol. The van der Waals surface area contributed by atoms with Crippen LogP contribution >= 0.6 is 0 Å². The molecule has 23 heavy (non-hydrogen) atoms. The Hall–Kier alpha value is -2.18. The number of benzene rings is 2. The summed E-state index contributed by atoms with van der Waals surface area (Å²) in [6, 6.07) is 12.8. The lowest BCUT2D eigenvalue weighted by Crippen LogP contribution is -2.12. The van der Waals surface area contributed by atoms with Crippen LogP contribution in [-0.4, -0.2) is 18.9 Å². The van der Waals surface area contributed by atoms with Gasteiger partial charge in [-0.15, -0.1) is 0 Å². The van der Waals surface area contributed by atoms with E-state index in [-0.39, 0.29) is 10.8 Å². The summed E-state index contributed by atoms with van der Waals surface area (Å²) in [5.74, 6) is -0.334. The lowest BCUT2D eigenvalue weighted by molar-refractivity contribution is 0.102. The van der Waals surface area contributed by atoms with Crippen LogP contribution in [0.25, 0.3) is 0 Å². The van der Waals surface area contributed by atoms with Crippen molar-refractivity contribution < 1.29 is 17.8 Å². The fraction of sp³-hybridized carbons (Fsp3) is 0.235. The molecular formula is C17H19NO4S. The Balaban J connectivity index is 2.10. The number of unbranched alkanes of at least 4 members (excludes halogenated alkanes) is 1. The zero-order chi connectivity index (χ0) is 16.9. The molecule has 0 heterocycles. The highest BCUT2D eigenvalue weighted by Crippen LogP contribution is 2.16. The fourth-order valence-corrected chi connectivity index (χ4v) is 2.67. The molecule has 0 aliphatic rings. The molecule has 2 aromatic rings. The van der Waals surface area contributed by atoms with Crippen LogP contribution in [0.3, 0.4) is 0 Å². The molecule has 0 aliphatic carbocycles. The summed E-state index contributed by atoms with van der Waals surface area (Å²) in [6.45, 7) is 2.13. The van der Waals surface area contributed by atoms with Gasteiger partial charge in [-0.05, 0) is 48.7 Å². The first-order valence-electron chi connectivity index (χ1n) is 7.38. The summed E-state index contributed by atoms with van der Waals surface area (Å²) in [6.07, 6.45) is 3.20. The topological polar surface area (TPSA) is 83.5 Å². The zero-order valence-electron chi connectivity index (χ0n) is 12.8. The molecular weight excluding hydrogens is 314 g/mol. The third-order valence-electron chi connectivity index (χ3n) is 3.42. The van der Waals surface area contributed by atoms with Gasteiger partial charge in [0.15, 0.2) is 0 Å². The molecule has 5 nitrogen and oxygen atoms in total. The molecule has 2 N–H and O–H groups in total. The van der Waals surface area contributed by atoms with E-state index in [9.17, 15) is 13.2 Å². The summed E-state index contributed by atoms with van der Waals surface area (Å²) < 4.78 is 31.2. The summed E-state index contributed by atoms with van der Waals surface area (Å²) in [4.78, 5) is 11.9. The first-order chi connectivity index (χ1) is 10.9. The standard InChI is InChI=1S/C17H19NO4S/c1-2-3-5-13-8-10-14(11-9-13)17(19)18-15-6-4-7-16(12-15)23(20,21)22/h4,6-12H,2-3,5H2,1H3,(H,18,19)(H,20,21,22). The maximum Gasteiger partial charge on any atom is 0.294 e. The molecule has 0 aliphatic heterocycles. The molecule has 0 bridgehead atoms. The average molecular weight is 333 g/mol. The quantitative estimate of drug-likeness (QED) is 0.792. The Morgan fingerprint density at radius 3 is 2.43 bits per heavy atom. The minimum Gasteiger partial charge on any atom is -0.322 e. The van der Waals surface area contributed by atoms with Gasteiger partial charge in [-0.1, -0.05) is 31.5 Å². The van der Waals surface area contributed by atoms with Gasteiger partial charge in [0.25, 0.3) is 16.0 Å².